The number of nitrogens with one attached hydrogen (secondary N) is 1. The summed E-state index contributed by atoms with van der Waals surface area (Å²) in [7, 11) is 0. The van der Waals surface area contributed by atoms with Gasteiger partial charge >= 0.3 is 0 Å². The van der Waals surface area contributed by atoms with E-state index in [-0.39, 0.29) is 5.41 Å². The zero-order chi connectivity index (χ0) is 19.6. The first-order chi connectivity index (χ1) is 13.5. The topological polar surface area (TPSA) is 41.1 Å². The van der Waals surface area contributed by atoms with Gasteiger partial charge < -0.3 is 5.32 Å². The molecule has 0 fully saturated rings. The van der Waals surface area contributed by atoms with Crippen LogP contribution in [0, 0.1) is 0 Å². The third-order valence-corrected chi connectivity index (χ3v) is 5.34. The fourth-order valence-electron chi connectivity index (χ4n) is 3.67. The average molecular weight is 373 g/mol. The molecule has 1 aromatic heterocycles. The molecule has 0 saturated heterocycles. The monoisotopic (exact) mass is 372 g/mol. The minimum absolute atomic E-state index is 0.157. The number of rotatable bonds is 4. The van der Waals surface area contributed by atoms with Gasteiger partial charge in [0.05, 0.1) is 5.69 Å². The first-order valence-corrected chi connectivity index (χ1v) is 9.96. The molecule has 4 rings (SSSR count). The van der Waals surface area contributed by atoms with E-state index in [1.54, 1.807) is 6.33 Å². The van der Waals surface area contributed by atoms with Gasteiger partial charge in [-0.05, 0) is 28.7 Å². The lowest BCUT2D eigenvalue weighted by Gasteiger charge is -2.29. The van der Waals surface area contributed by atoms with Crippen LogP contribution in [0.25, 0.3) is 0 Å². The summed E-state index contributed by atoms with van der Waals surface area (Å²) in [5.74, 6) is 0.922. The van der Waals surface area contributed by atoms with E-state index in [4.69, 9.17) is 0 Å². The molecule has 4 nitrogen and oxygen atoms in total. The van der Waals surface area contributed by atoms with E-state index < -0.39 is 0 Å². The molecule has 0 bridgehead atoms. The van der Waals surface area contributed by atoms with Gasteiger partial charge in [0.2, 0.25) is 0 Å². The highest BCUT2D eigenvalue weighted by molar-refractivity contribution is 5.60. The number of nitrogens with zero attached hydrogens (tertiary/aromatic N) is 3. The number of fused-ring (bicyclic) bond motifs is 1. The molecule has 0 atom stereocenters. The Bertz CT molecular complexity index is 927. The Morgan fingerprint density at radius 1 is 0.964 bits per heavy atom. The van der Waals surface area contributed by atoms with Gasteiger partial charge in [-0.25, -0.2) is 9.97 Å². The first kappa shape index (κ1) is 18.6. The van der Waals surface area contributed by atoms with Crippen LogP contribution in [0.3, 0.4) is 0 Å². The van der Waals surface area contributed by atoms with Gasteiger partial charge in [0.1, 0.15) is 12.1 Å². The van der Waals surface area contributed by atoms with Gasteiger partial charge in [-0.15, -0.1) is 0 Å². The maximum atomic E-state index is 4.55. The van der Waals surface area contributed by atoms with Crippen molar-refractivity contribution >= 4 is 11.5 Å². The fourth-order valence-corrected chi connectivity index (χ4v) is 3.67. The van der Waals surface area contributed by atoms with Gasteiger partial charge in [-0.2, -0.15) is 0 Å². The molecule has 1 aliphatic heterocycles. The molecular weight excluding hydrogens is 344 g/mol. The van der Waals surface area contributed by atoms with Crippen LogP contribution in [0.15, 0.2) is 60.9 Å². The van der Waals surface area contributed by atoms with Gasteiger partial charge in [0.15, 0.2) is 0 Å². The Hall–Kier alpha value is -2.72. The largest absolute Gasteiger partial charge is 0.340 e. The van der Waals surface area contributed by atoms with E-state index in [0.717, 1.165) is 43.3 Å². The summed E-state index contributed by atoms with van der Waals surface area (Å²) < 4.78 is 0. The van der Waals surface area contributed by atoms with E-state index >= 15 is 0 Å². The van der Waals surface area contributed by atoms with Crippen LogP contribution in [0.5, 0.6) is 0 Å². The Balaban J connectivity index is 1.52. The summed E-state index contributed by atoms with van der Waals surface area (Å²) >= 11 is 0. The third-order valence-electron chi connectivity index (χ3n) is 5.34. The summed E-state index contributed by atoms with van der Waals surface area (Å²) in [5.41, 5.74) is 6.27. The zero-order valence-corrected chi connectivity index (χ0v) is 16.9. The smallest absolute Gasteiger partial charge is 0.138 e. The second-order valence-corrected chi connectivity index (χ2v) is 8.55. The summed E-state index contributed by atoms with van der Waals surface area (Å²) in [6, 6.07) is 19.3. The molecule has 2 aromatic carbocycles. The Morgan fingerprint density at radius 3 is 2.43 bits per heavy atom. The first-order valence-electron chi connectivity index (χ1n) is 9.96. The predicted octanol–water partition coefficient (Wildman–Crippen LogP) is 5.08. The van der Waals surface area contributed by atoms with Crippen LogP contribution in [-0.4, -0.2) is 21.4 Å². The fraction of sp³-hybridized carbons (Fsp3) is 0.333. The lowest BCUT2D eigenvalue weighted by atomic mass is 9.87. The summed E-state index contributed by atoms with van der Waals surface area (Å²) in [4.78, 5) is 11.5. The van der Waals surface area contributed by atoms with E-state index in [1.807, 2.05) is 0 Å². The van der Waals surface area contributed by atoms with E-state index in [1.165, 1.54) is 16.7 Å². The van der Waals surface area contributed by atoms with Gasteiger partial charge in [0.25, 0.3) is 0 Å². The van der Waals surface area contributed by atoms with Crippen molar-refractivity contribution < 1.29 is 0 Å². The van der Waals surface area contributed by atoms with Crippen LogP contribution in [0.1, 0.15) is 43.2 Å². The molecule has 0 saturated carbocycles. The minimum Gasteiger partial charge on any atom is -0.340 e. The van der Waals surface area contributed by atoms with Crippen molar-refractivity contribution in [3.63, 3.8) is 0 Å². The highest BCUT2D eigenvalue weighted by Gasteiger charge is 2.21. The second-order valence-electron chi connectivity index (χ2n) is 8.55. The van der Waals surface area contributed by atoms with E-state index in [0.29, 0.717) is 0 Å². The van der Waals surface area contributed by atoms with E-state index in [9.17, 15) is 0 Å². The molecule has 2 heterocycles. The molecule has 0 radical (unpaired) electrons. The normalized spacial score (nSPS) is 14.5. The quantitative estimate of drug-likeness (QED) is 0.694. The van der Waals surface area contributed by atoms with Crippen LogP contribution in [-0.2, 0) is 24.9 Å². The highest BCUT2D eigenvalue weighted by Crippen LogP contribution is 2.28. The number of hydrogen-bond acceptors (Lipinski definition) is 4. The predicted molar refractivity (Wildman–Crippen MR) is 115 cm³/mol. The van der Waals surface area contributed by atoms with Crippen molar-refractivity contribution in [3.05, 3.63) is 83.3 Å². The molecule has 0 spiro atoms. The van der Waals surface area contributed by atoms with Crippen LogP contribution in [0.4, 0.5) is 11.5 Å². The van der Waals surface area contributed by atoms with Crippen molar-refractivity contribution in [2.24, 2.45) is 0 Å². The SMILES string of the molecule is CC(C)(C)c1ccc(Nc2ncnc3c2CN(Cc2ccccc2)CC3)cc1. The number of anilines is 2. The summed E-state index contributed by atoms with van der Waals surface area (Å²) in [6.45, 7) is 9.55. The maximum Gasteiger partial charge on any atom is 0.138 e. The maximum absolute atomic E-state index is 4.55. The highest BCUT2D eigenvalue weighted by atomic mass is 15.1. The molecule has 1 aliphatic rings. The van der Waals surface area contributed by atoms with Crippen molar-refractivity contribution in [1.29, 1.82) is 0 Å². The lowest BCUT2D eigenvalue weighted by molar-refractivity contribution is 0.243. The van der Waals surface area contributed by atoms with Crippen molar-refractivity contribution in [2.45, 2.75) is 45.7 Å². The van der Waals surface area contributed by atoms with Gasteiger partial charge in [-0.3, -0.25) is 4.90 Å². The molecule has 28 heavy (non-hydrogen) atoms. The third kappa shape index (κ3) is 4.23. The molecule has 0 amide bonds. The number of benzene rings is 2. The summed E-state index contributed by atoms with van der Waals surface area (Å²) in [5, 5.41) is 3.52. The average Bonchev–Trinajstić information content (AvgIpc) is 2.69. The van der Waals surface area contributed by atoms with Gasteiger partial charge in [0, 0.05) is 37.3 Å². The molecule has 4 heteroatoms. The molecule has 0 unspecified atom stereocenters. The molecular formula is C24H28N4. The van der Waals surface area contributed by atoms with Crippen molar-refractivity contribution in [1.82, 2.24) is 14.9 Å². The minimum atomic E-state index is 0.157. The lowest BCUT2D eigenvalue weighted by Crippen LogP contribution is -2.31. The van der Waals surface area contributed by atoms with Crippen LogP contribution < -0.4 is 5.32 Å². The Kier molecular flexibility index (Phi) is 5.14. The van der Waals surface area contributed by atoms with Crippen molar-refractivity contribution in [2.75, 3.05) is 11.9 Å². The number of hydrogen-bond donors (Lipinski definition) is 1. The molecule has 1 N–H and O–H groups in total. The van der Waals surface area contributed by atoms with Crippen LogP contribution in [0.2, 0.25) is 0 Å². The standard InChI is InChI=1S/C24H28N4/c1-24(2,3)19-9-11-20(12-10-19)27-23-21-16-28(14-13-22(21)25-17-26-23)15-18-7-5-4-6-8-18/h4-12,17H,13-16H2,1-3H3,(H,25,26,27). The summed E-state index contributed by atoms with van der Waals surface area (Å²) in [6.07, 6.45) is 2.64. The second kappa shape index (κ2) is 7.72. The van der Waals surface area contributed by atoms with Crippen molar-refractivity contribution in [3.8, 4) is 0 Å². The van der Waals surface area contributed by atoms with Gasteiger partial charge in [-0.1, -0.05) is 63.2 Å². The number of aromatic nitrogens is 2. The van der Waals surface area contributed by atoms with Crippen LogP contribution >= 0.6 is 0 Å². The zero-order valence-electron chi connectivity index (χ0n) is 16.9. The Morgan fingerprint density at radius 2 is 1.71 bits per heavy atom. The van der Waals surface area contributed by atoms with E-state index in [2.05, 4.69) is 95.6 Å². The molecule has 0 aliphatic carbocycles. The molecule has 3 aromatic rings. The molecule has 144 valence electrons. The Labute approximate surface area is 167 Å².